The molecule has 0 fully saturated rings. The highest BCUT2D eigenvalue weighted by Gasteiger charge is 2.22. The fraction of sp³-hybridized carbons (Fsp3) is 0. The summed E-state index contributed by atoms with van der Waals surface area (Å²) in [5, 5.41) is 12.0. The molecule has 0 aliphatic rings. The van der Waals surface area contributed by atoms with Crippen LogP contribution in [0.4, 0.5) is 0 Å². The molecule has 0 radical (unpaired) electrons. The Morgan fingerprint density at radius 3 is 1.64 bits per heavy atom. The first-order valence-electron chi connectivity index (χ1n) is 16.1. The molecule has 9 aromatic carbocycles. The van der Waals surface area contributed by atoms with E-state index in [2.05, 4.69) is 133 Å². The molecule has 0 bridgehead atoms. The highest BCUT2D eigenvalue weighted by Crippen LogP contribution is 2.48. The monoisotopic (exact) mass is 597 g/mol. The van der Waals surface area contributed by atoms with Crippen molar-refractivity contribution in [3.63, 3.8) is 0 Å². The van der Waals surface area contributed by atoms with Crippen molar-refractivity contribution in [2.45, 2.75) is 0 Å². The van der Waals surface area contributed by atoms with E-state index in [1.165, 1.54) is 60.0 Å². The minimum absolute atomic E-state index is 0.637. The Hall–Kier alpha value is -6.25. The minimum Gasteiger partial charge on any atom is -0.435 e. The third-order valence-electron chi connectivity index (χ3n) is 9.66. The lowest BCUT2D eigenvalue weighted by atomic mass is 9.83. The summed E-state index contributed by atoms with van der Waals surface area (Å²) in [5.41, 5.74) is 7.60. The summed E-state index contributed by atoms with van der Waals surface area (Å²) in [6.07, 6.45) is 0. The van der Waals surface area contributed by atoms with Gasteiger partial charge in [-0.25, -0.2) is 4.98 Å². The molecule has 0 amide bonds. The van der Waals surface area contributed by atoms with E-state index < -0.39 is 0 Å². The second-order valence-electron chi connectivity index (χ2n) is 12.2. The van der Waals surface area contributed by atoms with Gasteiger partial charge in [-0.1, -0.05) is 140 Å². The molecule has 2 heteroatoms. The molecule has 47 heavy (non-hydrogen) atoms. The van der Waals surface area contributed by atoms with Gasteiger partial charge in [0.25, 0.3) is 0 Å². The van der Waals surface area contributed by atoms with Crippen molar-refractivity contribution in [1.82, 2.24) is 4.98 Å². The summed E-state index contributed by atoms with van der Waals surface area (Å²) in [5.74, 6) is 0.637. The molecule has 0 aliphatic carbocycles. The first-order chi connectivity index (χ1) is 23.3. The first-order valence-corrected chi connectivity index (χ1v) is 16.1. The van der Waals surface area contributed by atoms with Crippen molar-refractivity contribution in [2.24, 2.45) is 0 Å². The van der Waals surface area contributed by atoms with Gasteiger partial charge in [0.05, 0.1) is 0 Å². The highest BCUT2D eigenvalue weighted by molar-refractivity contribution is 6.29. The van der Waals surface area contributed by atoms with Crippen LogP contribution in [-0.2, 0) is 0 Å². The Morgan fingerprint density at radius 1 is 0.383 bits per heavy atom. The zero-order valence-corrected chi connectivity index (χ0v) is 25.4. The Balaban J connectivity index is 1.36. The van der Waals surface area contributed by atoms with Crippen molar-refractivity contribution in [3.8, 4) is 33.7 Å². The maximum atomic E-state index is 6.65. The van der Waals surface area contributed by atoms with E-state index in [4.69, 9.17) is 9.40 Å². The molecular weight excluding hydrogens is 571 g/mol. The Kier molecular flexibility index (Phi) is 5.61. The van der Waals surface area contributed by atoms with Crippen LogP contribution in [0.1, 0.15) is 0 Å². The predicted octanol–water partition coefficient (Wildman–Crippen LogP) is 12.6. The van der Waals surface area contributed by atoms with Crippen LogP contribution in [0, 0.1) is 0 Å². The Bertz CT molecular complexity index is 2780. The number of rotatable bonds is 3. The fourth-order valence-corrected chi connectivity index (χ4v) is 7.63. The van der Waals surface area contributed by atoms with E-state index >= 15 is 0 Å². The lowest BCUT2D eigenvalue weighted by Gasteiger charge is -2.20. The van der Waals surface area contributed by atoms with E-state index in [0.717, 1.165) is 32.8 Å². The van der Waals surface area contributed by atoms with Gasteiger partial charge in [-0.15, -0.1) is 0 Å². The SMILES string of the molecule is c1ccc(-c2nc3ccc4c(-c5c6ccccc6c(-c6cccc7ccccc67)c6ccccc56)cc5ccccc5c4c3o2)cc1. The molecule has 2 nitrogen and oxygen atoms in total. The van der Waals surface area contributed by atoms with Crippen LogP contribution < -0.4 is 0 Å². The van der Waals surface area contributed by atoms with Gasteiger partial charge in [-0.2, -0.15) is 0 Å². The molecule has 1 heterocycles. The second-order valence-corrected chi connectivity index (χ2v) is 12.2. The molecule has 0 saturated carbocycles. The summed E-state index contributed by atoms with van der Waals surface area (Å²) < 4.78 is 6.65. The molecule has 10 rings (SSSR count). The normalized spacial score (nSPS) is 11.8. The maximum Gasteiger partial charge on any atom is 0.227 e. The van der Waals surface area contributed by atoms with Gasteiger partial charge in [-0.3, -0.25) is 0 Å². The van der Waals surface area contributed by atoms with Crippen molar-refractivity contribution in [3.05, 3.63) is 164 Å². The molecule has 218 valence electrons. The Labute approximate surface area is 271 Å². The van der Waals surface area contributed by atoms with Gasteiger partial charge >= 0.3 is 0 Å². The van der Waals surface area contributed by atoms with Crippen molar-refractivity contribution < 1.29 is 4.42 Å². The van der Waals surface area contributed by atoms with Crippen LogP contribution in [0.5, 0.6) is 0 Å². The van der Waals surface area contributed by atoms with Crippen molar-refractivity contribution in [2.75, 3.05) is 0 Å². The molecule has 0 N–H and O–H groups in total. The quantitative estimate of drug-likeness (QED) is 0.150. The van der Waals surface area contributed by atoms with Crippen molar-refractivity contribution >= 4 is 65.0 Å². The summed E-state index contributed by atoms with van der Waals surface area (Å²) in [4.78, 5) is 4.95. The maximum absolute atomic E-state index is 6.65. The zero-order valence-electron chi connectivity index (χ0n) is 25.4. The third kappa shape index (κ3) is 3.89. The van der Waals surface area contributed by atoms with Gasteiger partial charge in [0.2, 0.25) is 5.89 Å². The van der Waals surface area contributed by atoms with Crippen LogP contribution in [0.3, 0.4) is 0 Å². The smallest absolute Gasteiger partial charge is 0.227 e. The number of benzene rings is 9. The Morgan fingerprint density at radius 2 is 0.936 bits per heavy atom. The number of fused-ring (bicyclic) bond motifs is 8. The number of aromatic nitrogens is 1. The standard InChI is InChI=1S/C45H27NO/c1-2-14-29(15-3-1)45-46-40-26-25-38-39(27-30-16-5-7-19-32(30)43(38)44(40)47-45)42-36-22-10-8-20-34(36)41(35-21-9-11-23-37(35)42)33-24-12-17-28-13-4-6-18-31(28)33/h1-27H. The minimum atomic E-state index is 0.637. The van der Waals surface area contributed by atoms with E-state index in [1.807, 2.05) is 30.3 Å². The number of hydrogen-bond donors (Lipinski definition) is 0. The summed E-state index contributed by atoms with van der Waals surface area (Å²) in [7, 11) is 0. The summed E-state index contributed by atoms with van der Waals surface area (Å²) in [6.45, 7) is 0. The number of nitrogens with zero attached hydrogens (tertiary/aromatic N) is 1. The third-order valence-corrected chi connectivity index (χ3v) is 9.66. The molecule has 0 unspecified atom stereocenters. The van der Waals surface area contributed by atoms with E-state index in [-0.39, 0.29) is 0 Å². The zero-order chi connectivity index (χ0) is 30.9. The average Bonchev–Trinajstić information content (AvgIpc) is 3.59. The average molecular weight is 598 g/mol. The van der Waals surface area contributed by atoms with E-state index in [0.29, 0.717) is 5.89 Å². The van der Waals surface area contributed by atoms with Gasteiger partial charge in [0.15, 0.2) is 5.58 Å². The largest absolute Gasteiger partial charge is 0.435 e. The first kappa shape index (κ1) is 26.0. The van der Waals surface area contributed by atoms with Crippen LogP contribution in [0.15, 0.2) is 168 Å². The topological polar surface area (TPSA) is 26.0 Å². The predicted molar refractivity (Wildman–Crippen MR) is 198 cm³/mol. The van der Waals surface area contributed by atoms with Gasteiger partial charge in [-0.05, 0) is 95.0 Å². The molecule has 0 saturated heterocycles. The van der Waals surface area contributed by atoms with Crippen molar-refractivity contribution in [1.29, 1.82) is 0 Å². The van der Waals surface area contributed by atoms with Crippen LogP contribution >= 0.6 is 0 Å². The molecule has 10 aromatic rings. The molecule has 0 atom stereocenters. The number of oxazole rings is 1. The highest BCUT2D eigenvalue weighted by atomic mass is 16.3. The van der Waals surface area contributed by atoms with Gasteiger partial charge < -0.3 is 4.42 Å². The summed E-state index contributed by atoms with van der Waals surface area (Å²) in [6, 6.07) is 58.6. The number of hydrogen-bond acceptors (Lipinski definition) is 2. The lowest BCUT2D eigenvalue weighted by molar-refractivity contribution is 0.623. The van der Waals surface area contributed by atoms with Crippen LogP contribution in [-0.4, -0.2) is 4.98 Å². The van der Waals surface area contributed by atoms with Crippen LogP contribution in [0.25, 0.3) is 98.7 Å². The molecule has 0 spiro atoms. The van der Waals surface area contributed by atoms with Gasteiger partial charge in [0.1, 0.15) is 5.52 Å². The lowest BCUT2D eigenvalue weighted by Crippen LogP contribution is -1.93. The van der Waals surface area contributed by atoms with E-state index in [9.17, 15) is 0 Å². The molecular formula is C45H27NO. The molecule has 0 aliphatic heterocycles. The van der Waals surface area contributed by atoms with E-state index in [1.54, 1.807) is 0 Å². The van der Waals surface area contributed by atoms with Gasteiger partial charge in [0, 0.05) is 10.9 Å². The fourth-order valence-electron chi connectivity index (χ4n) is 7.63. The summed E-state index contributed by atoms with van der Waals surface area (Å²) >= 11 is 0. The molecule has 1 aromatic heterocycles. The second kappa shape index (κ2) is 10.1. The van der Waals surface area contributed by atoms with Crippen LogP contribution in [0.2, 0.25) is 0 Å².